The molecule has 1 unspecified atom stereocenters. The quantitative estimate of drug-likeness (QED) is 0.937. The van der Waals surface area contributed by atoms with Gasteiger partial charge < -0.3 is 9.88 Å². The van der Waals surface area contributed by atoms with E-state index < -0.39 is 5.67 Å². The van der Waals surface area contributed by atoms with Crippen LogP contribution in [0, 0.1) is 0 Å². The number of piperidine rings is 1. The predicted octanol–water partition coefficient (Wildman–Crippen LogP) is 3.32. The summed E-state index contributed by atoms with van der Waals surface area (Å²) in [7, 11) is 0. The Labute approximate surface area is 124 Å². The SMILES string of the molecule is FC1(CCC2c3ccccc3-c3cncn32)CCNCC1. The molecule has 0 saturated carbocycles. The molecule has 0 radical (unpaired) electrons. The van der Waals surface area contributed by atoms with Crippen molar-refractivity contribution < 1.29 is 4.39 Å². The van der Waals surface area contributed by atoms with Gasteiger partial charge in [0.1, 0.15) is 5.67 Å². The second-order valence-corrected chi connectivity index (χ2v) is 6.23. The van der Waals surface area contributed by atoms with E-state index in [1.807, 2.05) is 12.5 Å². The number of benzene rings is 1. The van der Waals surface area contributed by atoms with E-state index in [0.29, 0.717) is 19.3 Å². The number of hydrogen-bond acceptors (Lipinski definition) is 2. The molecular weight excluding hydrogens is 265 g/mol. The van der Waals surface area contributed by atoms with Crippen LogP contribution in [0.4, 0.5) is 4.39 Å². The second-order valence-electron chi connectivity index (χ2n) is 6.23. The molecule has 3 heterocycles. The van der Waals surface area contributed by atoms with E-state index in [1.165, 1.54) is 11.1 Å². The van der Waals surface area contributed by atoms with Gasteiger partial charge in [0.15, 0.2) is 0 Å². The summed E-state index contributed by atoms with van der Waals surface area (Å²) in [5.74, 6) is 0. The molecule has 1 aromatic carbocycles. The molecule has 4 heteroatoms. The summed E-state index contributed by atoms with van der Waals surface area (Å²) >= 11 is 0. The average molecular weight is 285 g/mol. The average Bonchev–Trinajstić information content (AvgIpc) is 3.07. The van der Waals surface area contributed by atoms with Gasteiger partial charge in [-0.3, -0.25) is 0 Å². The van der Waals surface area contributed by atoms with Crippen LogP contribution in [0.3, 0.4) is 0 Å². The highest BCUT2D eigenvalue weighted by Gasteiger charge is 2.35. The summed E-state index contributed by atoms with van der Waals surface area (Å²) in [6.45, 7) is 1.60. The van der Waals surface area contributed by atoms with E-state index in [0.717, 1.165) is 25.2 Å². The first kappa shape index (κ1) is 13.0. The van der Waals surface area contributed by atoms with E-state index in [-0.39, 0.29) is 6.04 Å². The molecule has 0 spiro atoms. The minimum absolute atomic E-state index is 0.237. The third kappa shape index (κ3) is 2.18. The van der Waals surface area contributed by atoms with E-state index in [1.54, 1.807) is 0 Å². The molecule has 2 aliphatic rings. The molecule has 2 aliphatic heterocycles. The summed E-state index contributed by atoms with van der Waals surface area (Å²) < 4.78 is 17.0. The maximum atomic E-state index is 14.8. The first-order valence-corrected chi connectivity index (χ1v) is 7.78. The third-order valence-corrected chi connectivity index (χ3v) is 4.96. The van der Waals surface area contributed by atoms with Crippen LogP contribution in [-0.4, -0.2) is 28.3 Å². The van der Waals surface area contributed by atoms with Crippen molar-refractivity contribution >= 4 is 0 Å². The molecule has 1 fully saturated rings. The lowest BCUT2D eigenvalue weighted by Gasteiger charge is -2.31. The van der Waals surface area contributed by atoms with Gasteiger partial charge >= 0.3 is 0 Å². The monoisotopic (exact) mass is 285 g/mol. The Morgan fingerprint density at radius 2 is 2.10 bits per heavy atom. The van der Waals surface area contributed by atoms with Crippen LogP contribution in [0.2, 0.25) is 0 Å². The summed E-state index contributed by atoms with van der Waals surface area (Å²) in [5.41, 5.74) is 2.73. The van der Waals surface area contributed by atoms with E-state index in [9.17, 15) is 4.39 Å². The van der Waals surface area contributed by atoms with Crippen LogP contribution >= 0.6 is 0 Å². The van der Waals surface area contributed by atoms with E-state index >= 15 is 0 Å². The molecule has 0 bridgehead atoms. The van der Waals surface area contributed by atoms with Crippen molar-refractivity contribution in [2.45, 2.75) is 37.4 Å². The highest BCUT2D eigenvalue weighted by molar-refractivity contribution is 5.68. The lowest BCUT2D eigenvalue weighted by molar-refractivity contribution is 0.0985. The Balaban J connectivity index is 1.58. The summed E-state index contributed by atoms with van der Waals surface area (Å²) in [4.78, 5) is 4.26. The number of alkyl halides is 1. The maximum Gasteiger partial charge on any atom is 0.113 e. The Kier molecular flexibility index (Phi) is 3.07. The van der Waals surface area contributed by atoms with Gasteiger partial charge in [0, 0.05) is 5.56 Å². The normalized spacial score (nSPS) is 22.8. The molecular formula is C17H20FN3. The third-order valence-electron chi connectivity index (χ3n) is 4.96. The van der Waals surface area contributed by atoms with E-state index in [4.69, 9.17) is 0 Å². The Morgan fingerprint density at radius 1 is 1.29 bits per heavy atom. The fourth-order valence-corrected chi connectivity index (χ4v) is 3.75. The van der Waals surface area contributed by atoms with Gasteiger partial charge in [-0.25, -0.2) is 9.37 Å². The predicted molar refractivity (Wildman–Crippen MR) is 81.0 cm³/mol. The van der Waals surface area contributed by atoms with Crippen LogP contribution < -0.4 is 5.32 Å². The van der Waals surface area contributed by atoms with Gasteiger partial charge in [-0.2, -0.15) is 0 Å². The van der Waals surface area contributed by atoms with Crippen molar-refractivity contribution in [3.8, 4) is 11.3 Å². The summed E-state index contributed by atoms with van der Waals surface area (Å²) in [6, 6.07) is 8.67. The number of rotatable bonds is 3. The Hall–Kier alpha value is -1.68. The van der Waals surface area contributed by atoms with Crippen LogP contribution in [0.1, 0.15) is 37.3 Å². The number of nitrogens with one attached hydrogen (secondary N) is 1. The van der Waals surface area contributed by atoms with Crippen LogP contribution in [-0.2, 0) is 0 Å². The highest BCUT2D eigenvalue weighted by atomic mass is 19.1. The molecule has 110 valence electrons. The smallest absolute Gasteiger partial charge is 0.113 e. The van der Waals surface area contributed by atoms with Gasteiger partial charge in [-0.1, -0.05) is 24.3 Å². The molecule has 0 amide bonds. The number of imidazole rings is 1. The lowest BCUT2D eigenvalue weighted by atomic mass is 9.87. The van der Waals surface area contributed by atoms with Gasteiger partial charge in [-0.15, -0.1) is 0 Å². The zero-order valence-corrected chi connectivity index (χ0v) is 12.1. The van der Waals surface area contributed by atoms with Gasteiger partial charge in [0.25, 0.3) is 0 Å². The molecule has 3 nitrogen and oxygen atoms in total. The van der Waals surface area contributed by atoms with Crippen molar-refractivity contribution in [2.75, 3.05) is 13.1 Å². The van der Waals surface area contributed by atoms with Crippen LogP contribution in [0.15, 0.2) is 36.8 Å². The molecule has 4 rings (SSSR count). The molecule has 1 N–H and O–H groups in total. The number of aromatic nitrogens is 2. The second kappa shape index (κ2) is 4.95. The fraction of sp³-hybridized carbons (Fsp3) is 0.471. The summed E-state index contributed by atoms with van der Waals surface area (Å²) in [5, 5.41) is 3.24. The van der Waals surface area contributed by atoms with E-state index in [2.05, 4.69) is 39.1 Å². The Bertz CT molecular complexity index is 643. The van der Waals surface area contributed by atoms with Gasteiger partial charge in [0.2, 0.25) is 0 Å². The topological polar surface area (TPSA) is 29.9 Å². The maximum absolute atomic E-state index is 14.8. The minimum atomic E-state index is -0.996. The first-order valence-electron chi connectivity index (χ1n) is 7.78. The molecule has 1 atom stereocenters. The highest BCUT2D eigenvalue weighted by Crippen LogP contribution is 2.43. The van der Waals surface area contributed by atoms with Crippen LogP contribution in [0.25, 0.3) is 11.3 Å². The van der Waals surface area contributed by atoms with Gasteiger partial charge in [-0.05, 0) is 44.3 Å². The number of halogens is 1. The lowest BCUT2D eigenvalue weighted by Crippen LogP contribution is -2.38. The molecule has 21 heavy (non-hydrogen) atoms. The largest absolute Gasteiger partial charge is 0.323 e. The number of nitrogens with zero attached hydrogens (tertiary/aromatic N) is 2. The molecule has 1 aromatic heterocycles. The van der Waals surface area contributed by atoms with Gasteiger partial charge in [0.05, 0.1) is 24.3 Å². The molecule has 1 saturated heterocycles. The molecule has 0 aliphatic carbocycles. The Morgan fingerprint density at radius 3 is 2.95 bits per heavy atom. The molecule has 2 aromatic rings. The number of hydrogen-bond donors (Lipinski definition) is 1. The zero-order chi connectivity index (χ0) is 14.3. The van der Waals surface area contributed by atoms with Crippen LogP contribution in [0.5, 0.6) is 0 Å². The standard InChI is InChI=1S/C17H20FN3/c18-17(7-9-19-10-8-17)6-5-15-13-3-1-2-4-14(13)16-11-20-12-21(15)16/h1-4,11-12,15,19H,5-10H2. The van der Waals surface area contributed by atoms with Crippen molar-refractivity contribution in [1.29, 1.82) is 0 Å². The van der Waals surface area contributed by atoms with Crippen molar-refractivity contribution in [1.82, 2.24) is 14.9 Å². The van der Waals surface area contributed by atoms with Crippen molar-refractivity contribution in [3.05, 3.63) is 42.4 Å². The zero-order valence-electron chi connectivity index (χ0n) is 12.1. The first-order chi connectivity index (χ1) is 10.3. The van der Waals surface area contributed by atoms with Crippen molar-refractivity contribution in [3.63, 3.8) is 0 Å². The number of fused-ring (bicyclic) bond motifs is 3. The summed E-state index contributed by atoms with van der Waals surface area (Å²) in [6.07, 6.45) is 6.54. The van der Waals surface area contributed by atoms with Crippen molar-refractivity contribution in [2.24, 2.45) is 0 Å². The minimum Gasteiger partial charge on any atom is -0.323 e. The fourth-order valence-electron chi connectivity index (χ4n) is 3.75.